The summed E-state index contributed by atoms with van der Waals surface area (Å²) in [7, 11) is 0. The number of rotatable bonds is 2. The Morgan fingerprint density at radius 1 is 1.35 bits per heavy atom. The van der Waals surface area contributed by atoms with E-state index in [1.54, 1.807) is 0 Å². The number of nitrogen functional groups attached to an aromatic ring is 1. The molecule has 0 heterocycles. The Bertz CT molecular complexity index is 498. The summed E-state index contributed by atoms with van der Waals surface area (Å²) < 4.78 is 0. The van der Waals surface area contributed by atoms with Gasteiger partial charge >= 0.3 is 0 Å². The number of benzene rings is 1. The molecular weight excluding hydrogens is 210 g/mol. The molecule has 0 saturated carbocycles. The molecule has 3 heteroatoms. The number of anilines is 1. The molecule has 1 aromatic rings. The standard InChI is InChI=1S/C14H17N3/c1-10-5-4-6-11(9-10)17-14(16)12-7-2-3-8-13(12)15/h2-5,7-9,11H,6,15H2,1H3,(H2,16,17). The van der Waals surface area contributed by atoms with E-state index in [1.165, 1.54) is 5.57 Å². The number of amidine groups is 1. The number of nitrogens with zero attached hydrogens (tertiary/aromatic N) is 1. The van der Waals surface area contributed by atoms with Crippen LogP contribution < -0.4 is 11.5 Å². The second kappa shape index (κ2) is 4.87. The van der Waals surface area contributed by atoms with E-state index in [9.17, 15) is 0 Å². The van der Waals surface area contributed by atoms with Gasteiger partial charge in [-0.2, -0.15) is 0 Å². The third-order valence-corrected chi connectivity index (χ3v) is 2.76. The summed E-state index contributed by atoms with van der Waals surface area (Å²) >= 11 is 0. The van der Waals surface area contributed by atoms with Gasteiger partial charge in [0.05, 0.1) is 6.04 Å². The Morgan fingerprint density at radius 3 is 2.82 bits per heavy atom. The van der Waals surface area contributed by atoms with Crippen molar-refractivity contribution in [3.63, 3.8) is 0 Å². The molecule has 0 spiro atoms. The van der Waals surface area contributed by atoms with Crippen LogP contribution in [0.5, 0.6) is 0 Å². The van der Waals surface area contributed by atoms with E-state index in [4.69, 9.17) is 11.5 Å². The lowest BCUT2D eigenvalue weighted by molar-refractivity contribution is 0.817. The molecule has 2 rings (SSSR count). The highest BCUT2D eigenvalue weighted by Gasteiger charge is 2.08. The molecule has 0 saturated heterocycles. The average Bonchev–Trinajstić information content (AvgIpc) is 2.29. The van der Waals surface area contributed by atoms with Crippen molar-refractivity contribution in [3.05, 3.63) is 53.6 Å². The molecule has 3 nitrogen and oxygen atoms in total. The van der Waals surface area contributed by atoms with Crippen molar-refractivity contribution in [2.24, 2.45) is 10.7 Å². The van der Waals surface area contributed by atoms with E-state index in [-0.39, 0.29) is 6.04 Å². The predicted molar refractivity (Wildman–Crippen MR) is 72.9 cm³/mol. The topological polar surface area (TPSA) is 64.4 Å². The molecule has 0 aromatic heterocycles. The average molecular weight is 227 g/mol. The van der Waals surface area contributed by atoms with Gasteiger partial charge in [0, 0.05) is 11.3 Å². The van der Waals surface area contributed by atoms with E-state index >= 15 is 0 Å². The molecule has 4 N–H and O–H groups in total. The SMILES string of the molecule is CC1=CC(N=C(N)c2ccccc2N)CC=C1. The fraction of sp³-hybridized carbons (Fsp3) is 0.214. The third kappa shape index (κ3) is 2.75. The van der Waals surface area contributed by atoms with Crippen LogP contribution in [0.2, 0.25) is 0 Å². The number of nitrogens with two attached hydrogens (primary N) is 2. The van der Waals surface area contributed by atoms with E-state index in [1.807, 2.05) is 24.3 Å². The van der Waals surface area contributed by atoms with Gasteiger partial charge in [0.1, 0.15) is 5.84 Å². The molecular formula is C14H17N3. The summed E-state index contributed by atoms with van der Waals surface area (Å²) in [5.74, 6) is 0.507. The van der Waals surface area contributed by atoms with Crippen LogP contribution in [-0.2, 0) is 0 Å². The number of allylic oxidation sites excluding steroid dienone is 2. The smallest absolute Gasteiger partial charge is 0.128 e. The second-order valence-electron chi connectivity index (χ2n) is 4.22. The molecule has 1 unspecified atom stereocenters. The van der Waals surface area contributed by atoms with Crippen LogP contribution in [0.4, 0.5) is 5.69 Å². The van der Waals surface area contributed by atoms with Crippen LogP contribution in [0.15, 0.2) is 53.1 Å². The summed E-state index contributed by atoms with van der Waals surface area (Å²) in [6.45, 7) is 2.06. The van der Waals surface area contributed by atoms with Crippen LogP contribution in [0.1, 0.15) is 18.9 Å². The maximum atomic E-state index is 5.99. The zero-order valence-corrected chi connectivity index (χ0v) is 9.93. The highest BCUT2D eigenvalue weighted by molar-refractivity contribution is 6.02. The molecule has 1 aliphatic carbocycles. The molecule has 0 fully saturated rings. The summed E-state index contributed by atoms with van der Waals surface area (Å²) in [5.41, 5.74) is 14.6. The Balaban J connectivity index is 2.23. The minimum Gasteiger partial charge on any atom is -0.398 e. The molecule has 0 bridgehead atoms. The van der Waals surface area contributed by atoms with E-state index < -0.39 is 0 Å². The lowest BCUT2D eigenvalue weighted by Gasteiger charge is -2.12. The summed E-state index contributed by atoms with van der Waals surface area (Å²) in [4.78, 5) is 4.50. The Morgan fingerprint density at radius 2 is 2.12 bits per heavy atom. The quantitative estimate of drug-likeness (QED) is 0.462. The van der Waals surface area contributed by atoms with Crippen molar-refractivity contribution >= 4 is 11.5 Å². The number of para-hydroxylation sites is 1. The Labute approximate surface area is 102 Å². The zero-order valence-electron chi connectivity index (χ0n) is 9.93. The van der Waals surface area contributed by atoms with Crippen LogP contribution in [0.3, 0.4) is 0 Å². The van der Waals surface area contributed by atoms with Crippen molar-refractivity contribution in [3.8, 4) is 0 Å². The molecule has 88 valence electrons. The minimum atomic E-state index is 0.125. The first-order chi connectivity index (χ1) is 8.16. The summed E-state index contributed by atoms with van der Waals surface area (Å²) in [5, 5.41) is 0. The largest absolute Gasteiger partial charge is 0.398 e. The zero-order chi connectivity index (χ0) is 12.3. The monoisotopic (exact) mass is 227 g/mol. The maximum absolute atomic E-state index is 5.99. The van der Waals surface area contributed by atoms with Crippen molar-refractivity contribution in [1.29, 1.82) is 0 Å². The molecule has 1 aromatic carbocycles. The lowest BCUT2D eigenvalue weighted by atomic mass is 10.0. The van der Waals surface area contributed by atoms with E-state index in [2.05, 4.69) is 30.1 Å². The molecule has 1 aliphatic rings. The third-order valence-electron chi connectivity index (χ3n) is 2.76. The first kappa shape index (κ1) is 11.5. The van der Waals surface area contributed by atoms with Gasteiger partial charge in [-0.3, -0.25) is 4.99 Å². The lowest BCUT2D eigenvalue weighted by Crippen LogP contribution is -2.19. The normalized spacial score (nSPS) is 20.2. The van der Waals surface area contributed by atoms with Crippen molar-refractivity contribution in [1.82, 2.24) is 0 Å². The van der Waals surface area contributed by atoms with Crippen LogP contribution in [-0.4, -0.2) is 11.9 Å². The number of hydrogen-bond donors (Lipinski definition) is 2. The predicted octanol–water partition coefficient (Wildman–Crippen LogP) is 2.25. The first-order valence-electron chi connectivity index (χ1n) is 5.70. The Kier molecular flexibility index (Phi) is 3.28. The minimum absolute atomic E-state index is 0.125. The van der Waals surface area contributed by atoms with Gasteiger partial charge < -0.3 is 11.5 Å². The van der Waals surface area contributed by atoms with Gasteiger partial charge in [0.25, 0.3) is 0 Å². The highest BCUT2D eigenvalue weighted by Crippen LogP contribution is 2.15. The molecule has 0 radical (unpaired) electrons. The fourth-order valence-corrected chi connectivity index (χ4v) is 1.89. The first-order valence-corrected chi connectivity index (χ1v) is 5.70. The molecule has 0 aliphatic heterocycles. The van der Waals surface area contributed by atoms with Gasteiger partial charge in [-0.25, -0.2) is 0 Å². The van der Waals surface area contributed by atoms with Crippen molar-refractivity contribution in [2.45, 2.75) is 19.4 Å². The van der Waals surface area contributed by atoms with Gasteiger partial charge in [0.15, 0.2) is 0 Å². The second-order valence-corrected chi connectivity index (χ2v) is 4.22. The number of aliphatic imine (C=N–C) groups is 1. The van der Waals surface area contributed by atoms with Crippen molar-refractivity contribution in [2.75, 3.05) is 5.73 Å². The Hall–Kier alpha value is -2.03. The molecule has 0 amide bonds. The summed E-state index contributed by atoms with van der Waals surface area (Å²) in [6, 6.07) is 7.65. The van der Waals surface area contributed by atoms with Gasteiger partial charge in [-0.05, 0) is 25.5 Å². The number of hydrogen-bond acceptors (Lipinski definition) is 2. The van der Waals surface area contributed by atoms with Gasteiger partial charge in [-0.1, -0.05) is 35.9 Å². The van der Waals surface area contributed by atoms with E-state index in [0.29, 0.717) is 11.5 Å². The fourth-order valence-electron chi connectivity index (χ4n) is 1.89. The van der Waals surface area contributed by atoms with E-state index in [0.717, 1.165) is 12.0 Å². The van der Waals surface area contributed by atoms with Gasteiger partial charge in [0.2, 0.25) is 0 Å². The summed E-state index contributed by atoms with van der Waals surface area (Å²) in [6.07, 6.45) is 7.22. The highest BCUT2D eigenvalue weighted by atomic mass is 14.9. The maximum Gasteiger partial charge on any atom is 0.128 e. The van der Waals surface area contributed by atoms with Crippen LogP contribution in [0.25, 0.3) is 0 Å². The van der Waals surface area contributed by atoms with Gasteiger partial charge in [-0.15, -0.1) is 0 Å². The molecule has 1 atom stereocenters. The van der Waals surface area contributed by atoms with Crippen LogP contribution >= 0.6 is 0 Å². The molecule has 17 heavy (non-hydrogen) atoms. The van der Waals surface area contributed by atoms with Crippen LogP contribution in [0, 0.1) is 0 Å². The van der Waals surface area contributed by atoms with Crippen molar-refractivity contribution < 1.29 is 0 Å².